The second kappa shape index (κ2) is 15.5. The summed E-state index contributed by atoms with van der Waals surface area (Å²) in [6.45, 7) is 11.7. The van der Waals surface area contributed by atoms with Gasteiger partial charge >= 0.3 is 6.09 Å². The maximum Gasteiger partial charge on any atom is 0.408 e. The predicted molar refractivity (Wildman–Crippen MR) is 204 cm³/mol. The van der Waals surface area contributed by atoms with Crippen molar-refractivity contribution in [2.24, 2.45) is 11.3 Å². The quantitative estimate of drug-likeness (QED) is 0.150. The number of hydrogen-bond donors (Lipinski definition) is 3. The van der Waals surface area contributed by atoms with Crippen molar-refractivity contribution in [1.82, 2.24) is 30.2 Å². The minimum absolute atomic E-state index is 0.0298. The minimum atomic E-state index is -3.91. The van der Waals surface area contributed by atoms with Gasteiger partial charge in [0, 0.05) is 19.4 Å². The van der Waals surface area contributed by atoms with Crippen LogP contribution in [0.1, 0.15) is 52.9 Å². The van der Waals surface area contributed by atoms with Gasteiger partial charge in [-0.15, -0.1) is 17.9 Å². The van der Waals surface area contributed by atoms with E-state index in [1.165, 1.54) is 22.3 Å². The largest absolute Gasteiger partial charge is 0.471 e. The number of carbonyl (C=O) groups excluding carboxylic acids is 5. The van der Waals surface area contributed by atoms with Gasteiger partial charge in [0.1, 0.15) is 23.4 Å². The number of ketones is 1. The van der Waals surface area contributed by atoms with Gasteiger partial charge in [0.15, 0.2) is 5.78 Å². The van der Waals surface area contributed by atoms with Crippen LogP contribution in [0.3, 0.4) is 0 Å². The summed E-state index contributed by atoms with van der Waals surface area (Å²) in [6.07, 6.45) is 1.46. The van der Waals surface area contributed by atoms with Crippen LogP contribution in [0.5, 0.6) is 5.88 Å². The Kier molecular flexibility index (Phi) is 11.2. The average molecular weight is 793 g/mol. The summed E-state index contributed by atoms with van der Waals surface area (Å²) in [7, 11) is -3.91. The van der Waals surface area contributed by atoms with Crippen molar-refractivity contribution in [2.45, 2.75) is 81.9 Å². The Morgan fingerprint density at radius 2 is 1.78 bits per heavy atom. The van der Waals surface area contributed by atoms with Crippen molar-refractivity contribution in [1.29, 1.82) is 0 Å². The molecule has 3 heterocycles. The molecule has 2 aliphatic carbocycles. The molecule has 292 valence electrons. The molecule has 3 aromatic rings. The number of amides is 4. The number of alkyl carbamates (subject to hydrolysis) is 1. The first-order chi connectivity index (χ1) is 26.0. The van der Waals surface area contributed by atoms with Crippen LogP contribution in [0.2, 0.25) is 0 Å². The number of para-hydroxylation sites is 2. The Morgan fingerprint density at radius 1 is 1.07 bits per heavy atom. The van der Waals surface area contributed by atoms with E-state index in [9.17, 15) is 32.4 Å². The molecule has 0 unspecified atom stereocenters. The number of benzene rings is 1. The molecule has 5 atom stereocenters. The summed E-state index contributed by atoms with van der Waals surface area (Å²) in [6, 6.07) is 8.44. The van der Waals surface area contributed by atoms with E-state index in [-0.39, 0.29) is 38.2 Å². The van der Waals surface area contributed by atoms with Crippen molar-refractivity contribution in [2.75, 3.05) is 13.1 Å². The number of Topliss-reactive ketones (excluding diaryl/α,β-unsaturated/α-hetero) is 1. The summed E-state index contributed by atoms with van der Waals surface area (Å²) >= 11 is 1.43. The first kappa shape index (κ1) is 39.5. The van der Waals surface area contributed by atoms with Crippen LogP contribution >= 0.6 is 11.3 Å². The highest BCUT2D eigenvalue weighted by atomic mass is 32.2. The first-order valence-electron chi connectivity index (χ1n) is 17.9. The van der Waals surface area contributed by atoms with Gasteiger partial charge < -0.3 is 25.0 Å². The second-order valence-corrected chi connectivity index (χ2v) is 17.9. The van der Waals surface area contributed by atoms with Gasteiger partial charge in [-0.25, -0.2) is 23.2 Å². The Morgan fingerprint density at radius 3 is 2.38 bits per heavy atom. The fourth-order valence-electron chi connectivity index (χ4n) is 6.66. The van der Waals surface area contributed by atoms with Crippen LogP contribution in [-0.2, 0) is 33.9 Å². The van der Waals surface area contributed by atoms with E-state index in [0.29, 0.717) is 29.6 Å². The molecule has 55 heavy (non-hydrogen) atoms. The highest BCUT2D eigenvalue weighted by molar-refractivity contribution is 7.90. The molecule has 2 aromatic heterocycles. The number of aromatic nitrogens is 2. The van der Waals surface area contributed by atoms with Crippen LogP contribution in [-0.4, -0.2) is 95.0 Å². The highest BCUT2D eigenvalue weighted by Crippen LogP contribution is 2.57. The topological polar surface area (TPSA) is 203 Å². The van der Waals surface area contributed by atoms with Crippen LogP contribution in [0.25, 0.3) is 21.6 Å². The molecule has 2 saturated carbocycles. The molecule has 1 aliphatic heterocycles. The Bertz CT molecular complexity index is 2130. The molecule has 4 amide bonds. The summed E-state index contributed by atoms with van der Waals surface area (Å²) in [5, 5.41) is 6.28. The second-order valence-electron chi connectivity index (χ2n) is 15.0. The van der Waals surface area contributed by atoms with E-state index in [4.69, 9.17) is 19.4 Å². The van der Waals surface area contributed by atoms with Crippen molar-refractivity contribution >= 4 is 62.0 Å². The van der Waals surface area contributed by atoms with Gasteiger partial charge in [0.05, 0.1) is 39.2 Å². The van der Waals surface area contributed by atoms with Gasteiger partial charge in [-0.1, -0.05) is 30.9 Å². The number of nitrogens with one attached hydrogen (secondary N) is 3. The zero-order valence-electron chi connectivity index (χ0n) is 30.8. The zero-order valence-corrected chi connectivity index (χ0v) is 32.4. The molecule has 1 saturated heterocycles. The maximum absolute atomic E-state index is 14.5. The lowest BCUT2D eigenvalue weighted by atomic mass is 9.91. The number of allylic oxidation sites excluding steroid dienone is 1. The number of rotatable bonds is 15. The average Bonchev–Trinajstić information content (AvgIpc) is 4.00. The molecular weight excluding hydrogens is 749 g/mol. The first-order valence-corrected chi connectivity index (χ1v) is 20.3. The monoisotopic (exact) mass is 792 g/mol. The van der Waals surface area contributed by atoms with Crippen molar-refractivity contribution in [3.05, 3.63) is 67.1 Å². The lowest BCUT2D eigenvalue weighted by Gasteiger charge is -2.30. The molecule has 3 N–H and O–H groups in total. The van der Waals surface area contributed by atoms with Gasteiger partial charge in [0.2, 0.25) is 33.6 Å². The number of thiophene rings is 1. The predicted octanol–water partition coefficient (Wildman–Crippen LogP) is 3.66. The van der Waals surface area contributed by atoms with Crippen molar-refractivity contribution in [3.8, 4) is 16.5 Å². The third-order valence-corrected chi connectivity index (χ3v) is 12.4. The number of hydrogen-bond acceptors (Lipinski definition) is 12. The molecule has 0 radical (unpaired) electrons. The molecule has 17 heteroatoms. The third-order valence-electron chi connectivity index (χ3n) is 9.70. The van der Waals surface area contributed by atoms with Crippen molar-refractivity contribution in [3.63, 3.8) is 0 Å². The SMILES string of the molecule is C=CC(=O)NC[C@H](NC(=O)OC(C)(C)C)C(=O)N1C[C@H](Oc2nc3ccccc3nc2-c2cccs2)C[C@H]1C(=O)C[C@]1(C(=O)NS(=O)(=O)C2CC2)C[C@H]1C=C. The van der Waals surface area contributed by atoms with Crippen LogP contribution in [0.4, 0.5) is 4.79 Å². The lowest BCUT2D eigenvalue weighted by Crippen LogP contribution is -2.56. The smallest absolute Gasteiger partial charge is 0.408 e. The number of ether oxygens (including phenoxy) is 2. The van der Waals surface area contributed by atoms with Crippen molar-refractivity contribution < 1.29 is 41.9 Å². The summed E-state index contributed by atoms with van der Waals surface area (Å²) in [5.41, 5.74) is -0.620. The van der Waals surface area contributed by atoms with E-state index in [1.807, 2.05) is 35.7 Å². The Hall–Kier alpha value is -5.16. The molecule has 0 bridgehead atoms. The number of carbonyl (C=O) groups is 5. The zero-order chi connectivity index (χ0) is 39.7. The van der Waals surface area contributed by atoms with Gasteiger partial charge in [-0.05, 0) is 75.6 Å². The number of fused-ring (bicyclic) bond motifs is 1. The minimum Gasteiger partial charge on any atom is -0.471 e. The van der Waals surface area contributed by atoms with E-state index in [0.717, 1.165) is 11.0 Å². The normalized spacial score (nSPS) is 22.6. The van der Waals surface area contributed by atoms with E-state index < -0.39 is 80.0 Å². The van der Waals surface area contributed by atoms with Crippen LogP contribution in [0.15, 0.2) is 67.1 Å². The summed E-state index contributed by atoms with van der Waals surface area (Å²) < 4.78 is 39.6. The molecular formula is C38H44N6O9S2. The maximum atomic E-state index is 14.5. The van der Waals surface area contributed by atoms with Gasteiger partial charge in [-0.3, -0.25) is 23.9 Å². The van der Waals surface area contributed by atoms with E-state index >= 15 is 0 Å². The lowest BCUT2D eigenvalue weighted by molar-refractivity contribution is -0.140. The van der Waals surface area contributed by atoms with E-state index in [1.54, 1.807) is 26.8 Å². The van der Waals surface area contributed by atoms with Gasteiger partial charge in [0.25, 0.3) is 0 Å². The van der Waals surface area contributed by atoms with Crippen LogP contribution < -0.4 is 20.1 Å². The molecule has 0 spiro atoms. The third kappa shape index (κ3) is 9.05. The number of likely N-dealkylation sites (tertiary alicyclic amines) is 1. The Balaban J connectivity index is 1.32. The fraction of sp³-hybridized carbons (Fsp3) is 0.447. The molecule has 1 aromatic carbocycles. The standard InChI is InChI=1S/C38H44N6O9S2/c1-6-22-18-38(22,35(48)43-55(50,51)24-14-15-24)19-29(45)28-17-23(52-33-32(30-13-10-16-54-30)40-25-11-8-9-12-26(25)41-33)21-44(28)34(47)27(20-39-31(46)7-2)42-36(49)53-37(3,4)5/h6-13,16,22-24,27-28H,1-2,14-15,17-21H2,3-5H3,(H,39,46)(H,42,49)(H,43,48)/t22-,23-,27+,28+,38-/m1/s1. The van der Waals surface area contributed by atoms with E-state index in [2.05, 4.69) is 28.5 Å². The molecule has 3 fully saturated rings. The van der Waals surface area contributed by atoms with Gasteiger partial charge in [-0.2, -0.15) is 0 Å². The summed E-state index contributed by atoms with van der Waals surface area (Å²) in [5.74, 6) is -2.92. The summed E-state index contributed by atoms with van der Waals surface area (Å²) in [4.78, 5) is 79.2. The number of sulfonamides is 1. The molecule has 15 nitrogen and oxygen atoms in total. The highest BCUT2D eigenvalue weighted by Gasteiger charge is 2.61. The fourth-order valence-corrected chi connectivity index (χ4v) is 8.75. The Labute approximate surface area is 323 Å². The molecule has 6 rings (SSSR count). The number of nitrogens with zero attached hydrogens (tertiary/aromatic N) is 3. The molecule has 3 aliphatic rings. The van der Waals surface area contributed by atoms with Crippen LogP contribution in [0, 0.1) is 11.3 Å².